The maximum absolute atomic E-state index is 13.0. The summed E-state index contributed by atoms with van der Waals surface area (Å²) >= 11 is 1.17. The van der Waals surface area contributed by atoms with Crippen molar-refractivity contribution in [2.45, 2.75) is 17.3 Å². The fraction of sp³-hybridized carbons (Fsp3) is 0.176. The Kier molecular flexibility index (Phi) is 4.32. The summed E-state index contributed by atoms with van der Waals surface area (Å²) in [5, 5.41) is 10.7. The van der Waals surface area contributed by atoms with Gasteiger partial charge >= 0.3 is 0 Å². The first-order valence-corrected chi connectivity index (χ1v) is 9.04. The van der Waals surface area contributed by atoms with Gasteiger partial charge in [-0.05, 0) is 31.2 Å². The molecule has 3 N–H and O–H groups in total. The number of anilines is 2. The standard InChI is InChI=1S/C17H16N6O3S/c1-10(27-17-21-20-15(23(17)18)13-7-4-8-26-13)16(25)22-9-14(24)19-11-5-2-3-6-12(11)22/h2-8,10H,9,18H2,1H3,(H,19,24)/t10-/m1/s1. The minimum absolute atomic E-state index is 0.0340. The van der Waals surface area contributed by atoms with Crippen molar-refractivity contribution in [2.75, 3.05) is 22.6 Å². The third-order valence-electron chi connectivity index (χ3n) is 4.07. The second-order valence-electron chi connectivity index (χ2n) is 5.90. The van der Waals surface area contributed by atoms with Crippen LogP contribution in [0, 0.1) is 0 Å². The van der Waals surface area contributed by atoms with E-state index in [4.69, 9.17) is 10.3 Å². The lowest BCUT2D eigenvalue weighted by molar-refractivity contribution is -0.121. The fourth-order valence-electron chi connectivity index (χ4n) is 2.79. The molecule has 10 heteroatoms. The van der Waals surface area contributed by atoms with Crippen LogP contribution in [0.5, 0.6) is 0 Å². The van der Waals surface area contributed by atoms with Crippen molar-refractivity contribution in [3.8, 4) is 11.6 Å². The van der Waals surface area contributed by atoms with Gasteiger partial charge in [0.1, 0.15) is 6.54 Å². The Morgan fingerprint density at radius 1 is 1.30 bits per heavy atom. The molecular formula is C17H16N6O3S. The number of fused-ring (bicyclic) bond motifs is 1. The quantitative estimate of drug-likeness (QED) is 0.519. The van der Waals surface area contributed by atoms with Gasteiger partial charge in [-0.2, -0.15) is 0 Å². The molecule has 0 fully saturated rings. The summed E-state index contributed by atoms with van der Waals surface area (Å²) in [4.78, 5) is 26.4. The molecule has 0 unspecified atom stereocenters. The molecule has 0 spiro atoms. The average Bonchev–Trinajstić information content (AvgIpc) is 3.31. The van der Waals surface area contributed by atoms with E-state index in [-0.39, 0.29) is 18.4 Å². The van der Waals surface area contributed by atoms with Crippen molar-refractivity contribution in [3.63, 3.8) is 0 Å². The molecule has 9 nitrogen and oxygen atoms in total. The lowest BCUT2D eigenvalue weighted by Crippen LogP contribution is -2.45. The smallest absolute Gasteiger partial charge is 0.244 e. The first kappa shape index (κ1) is 17.2. The van der Waals surface area contributed by atoms with Crippen molar-refractivity contribution in [2.24, 2.45) is 0 Å². The number of furan rings is 1. The van der Waals surface area contributed by atoms with Crippen molar-refractivity contribution in [3.05, 3.63) is 42.7 Å². The number of nitrogens with zero attached hydrogens (tertiary/aromatic N) is 4. The number of hydrogen-bond donors (Lipinski definition) is 2. The van der Waals surface area contributed by atoms with E-state index in [1.165, 1.54) is 27.6 Å². The van der Waals surface area contributed by atoms with Crippen molar-refractivity contribution in [1.29, 1.82) is 0 Å². The molecule has 138 valence electrons. The molecule has 0 radical (unpaired) electrons. The molecule has 3 aromatic rings. The second kappa shape index (κ2) is 6.80. The Balaban J connectivity index is 1.55. The summed E-state index contributed by atoms with van der Waals surface area (Å²) < 4.78 is 6.56. The van der Waals surface area contributed by atoms with Gasteiger partial charge in [-0.3, -0.25) is 14.5 Å². The van der Waals surface area contributed by atoms with Crippen molar-refractivity contribution >= 4 is 35.0 Å². The molecule has 1 aliphatic heterocycles. The number of carbonyl (C=O) groups is 2. The summed E-state index contributed by atoms with van der Waals surface area (Å²) in [5.74, 6) is 6.44. The molecule has 0 aliphatic carbocycles. The molecule has 3 heterocycles. The highest BCUT2D eigenvalue weighted by molar-refractivity contribution is 8.00. The number of para-hydroxylation sites is 2. The van der Waals surface area contributed by atoms with E-state index in [1.54, 1.807) is 37.3 Å². The van der Waals surface area contributed by atoms with Gasteiger partial charge in [-0.15, -0.1) is 10.2 Å². The second-order valence-corrected chi connectivity index (χ2v) is 7.21. The van der Waals surface area contributed by atoms with E-state index >= 15 is 0 Å². The van der Waals surface area contributed by atoms with Crippen LogP contribution in [-0.4, -0.2) is 38.5 Å². The number of amides is 2. The van der Waals surface area contributed by atoms with Gasteiger partial charge in [0.2, 0.25) is 22.8 Å². The van der Waals surface area contributed by atoms with Crippen LogP contribution in [-0.2, 0) is 9.59 Å². The Morgan fingerprint density at radius 3 is 2.89 bits per heavy atom. The van der Waals surface area contributed by atoms with Gasteiger partial charge in [0.15, 0.2) is 5.76 Å². The molecule has 2 aromatic heterocycles. The topological polar surface area (TPSA) is 119 Å². The Hall–Kier alpha value is -3.27. The van der Waals surface area contributed by atoms with Gasteiger partial charge in [-0.1, -0.05) is 23.9 Å². The zero-order chi connectivity index (χ0) is 19.0. The van der Waals surface area contributed by atoms with Gasteiger partial charge in [0.05, 0.1) is 22.9 Å². The number of thioether (sulfide) groups is 1. The monoisotopic (exact) mass is 384 g/mol. The van der Waals surface area contributed by atoms with Crippen LogP contribution in [0.3, 0.4) is 0 Å². The number of nitrogens with two attached hydrogens (primary N) is 1. The van der Waals surface area contributed by atoms with Crippen LogP contribution >= 0.6 is 11.8 Å². The summed E-state index contributed by atoms with van der Waals surface area (Å²) in [6.07, 6.45) is 1.52. The highest BCUT2D eigenvalue weighted by Gasteiger charge is 2.31. The molecule has 0 saturated carbocycles. The SMILES string of the molecule is C[C@@H](Sc1nnc(-c2ccco2)n1N)C(=O)N1CC(=O)Nc2ccccc21. The third-order valence-corrected chi connectivity index (χ3v) is 5.12. The number of benzene rings is 1. The third kappa shape index (κ3) is 3.14. The highest BCUT2D eigenvalue weighted by atomic mass is 32.2. The van der Waals surface area contributed by atoms with Crippen molar-refractivity contribution < 1.29 is 14.0 Å². The first-order valence-electron chi connectivity index (χ1n) is 8.16. The van der Waals surface area contributed by atoms with E-state index in [0.29, 0.717) is 28.1 Å². The van der Waals surface area contributed by atoms with Crippen LogP contribution in [0.2, 0.25) is 0 Å². The van der Waals surface area contributed by atoms with E-state index in [1.807, 2.05) is 6.07 Å². The zero-order valence-corrected chi connectivity index (χ0v) is 15.1. The van der Waals surface area contributed by atoms with Gasteiger partial charge in [-0.25, -0.2) is 4.68 Å². The van der Waals surface area contributed by atoms with E-state index in [0.717, 1.165) is 0 Å². The molecule has 0 bridgehead atoms. The summed E-state index contributed by atoms with van der Waals surface area (Å²) in [5.41, 5.74) is 1.28. The predicted molar refractivity (Wildman–Crippen MR) is 101 cm³/mol. The summed E-state index contributed by atoms with van der Waals surface area (Å²) in [6, 6.07) is 10.6. The van der Waals surface area contributed by atoms with Gasteiger partial charge < -0.3 is 15.6 Å². The summed E-state index contributed by atoms with van der Waals surface area (Å²) in [7, 11) is 0. The Morgan fingerprint density at radius 2 is 2.11 bits per heavy atom. The van der Waals surface area contributed by atoms with Crippen LogP contribution in [0.1, 0.15) is 6.92 Å². The van der Waals surface area contributed by atoms with Gasteiger partial charge in [0.25, 0.3) is 0 Å². The molecule has 4 rings (SSSR count). The molecule has 1 aromatic carbocycles. The number of carbonyl (C=O) groups excluding carboxylic acids is 2. The minimum atomic E-state index is -0.528. The van der Waals surface area contributed by atoms with E-state index < -0.39 is 5.25 Å². The predicted octanol–water partition coefficient (Wildman–Crippen LogP) is 1.72. The van der Waals surface area contributed by atoms with Crippen LogP contribution in [0.15, 0.2) is 52.2 Å². The van der Waals surface area contributed by atoms with E-state index in [2.05, 4.69) is 15.5 Å². The molecule has 2 amide bonds. The largest absolute Gasteiger partial charge is 0.461 e. The molecule has 0 saturated heterocycles. The lowest BCUT2D eigenvalue weighted by Gasteiger charge is -2.30. The van der Waals surface area contributed by atoms with Crippen LogP contribution in [0.4, 0.5) is 11.4 Å². The maximum atomic E-state index is 13.0. The molecular weight excluding hydrogens is 368 g/mol. The fourth-order valence-corrected chi connectivity index (χ4v) is 3.62. The van der Waals surface area contributed by atoms with E-state index in [9.17, 15) is 9.59 Å². The molecule has 1 aliphatic rings. The first-order chi connectivity index (χ1) is 13.0. The maximum Gasteiger partial charge on any atom is 0.244 e. The highest BCUT2D eigenvalue weighted by Crippen LogP contribution is 2.32. The number of rotatable bonds is 4. The number of hydrogen-bond acceptors (Lipinski definition) is 7. The van der Waals surface area contributed by atoms with Crippen molar-refractivity contribution in [1.82, 2.24) is 14.9 Å². The Bertz CT molecular complexity index is 1000. The average molecular weight is 384 g/mol. The normalized spacial score (nSPS) is 14.6. The Labute approximate surface area is 158 Å². The van der Waals surface area contributed by atoms with Gasteiger partial charge in [0, 0.05) is 0 Å². The zero-order valence-electron chi connectivity index (χ0n) is 14.3. The molecule has 1 atom stereocenters. The summed E-state index contributed by atoms with van der Waals surface area (Å²) in [6.45, 7) is 1.71. The van der Waals surface area contributed by atoms with Crippen LogP contribution in [0.25, 0.3) is 11.6 Å². The molecule has 27 heavy (non-hydrogen) atoms. The minimum Gasteiger partial charge on any atom is -0.461 e. The number of nitrogen functional groups attached to an aromatic ring is 1. The number of nitrogens with one attached hydrogen (secondary N) is 1. The van der Waals surface area contributed by atoms with Crippen LogP contribution < -0.4 is 16.1 Å². The number of aromatic nitrogens is 3. The lowest BCUT2D eigenvalue weighted by atomic mass is 10.2.